The number of nitrogens with zero attached hydrogens (tertiary/aromatic N) is 2. The van der Waals surface area contributed by atoms with Crippen LogP contribution in [0.3, 0.4) is 0 Å². The fraction of sp³-hybridized carbons (Fsp3) is 0.429. The summed E-state index contributed by atoms with van der Waals surface area (Å²) < 4.78 is 12.2. The topological polar surface area (TPSA) is 50.7 Å². The van der Waals surface area contributed by atoms with Gasteiger partial charge in [-0.05, 0) is 48.9 Å². The molecule has 2 fully saturated rings. The molecule has 27 heavy (non-hydrogen) atoms. The van der Waals surface area contributed by atoms with Crippen molar-refractivity contribution in [3.8, 4) is 5.75 Å². The molecule has 2 aromatic carbocycles. The molecule has 0 saturated carbocycles. The second kappa shape index (κ2) is 7.41. The molecule has 0 radical (unpaired) electrons. The van der Waals surface area contributed by atoms with Crippen molar-refractivity contribution in [2.75, 3.05) is 20.4 Å². The van der Waals surface area contributed by atoms with Crippen LogP contribution >= 0.6 is 11.6 Å². The van der Waals surface area contributed by atoms with E-state index in [9.17, 15) is 0 Å². The largest absolute Gasteiger partial charge is 0.473 e. The smallest absolute Gasteiger partial charge is 0.177 e. The third kappa shape index (κ3) is 3.46. The summed E-state index contributed by atoms with van der Waals surface area (Å²) in [5.74, 6) is 0.873. The van der Waals surface area contributed by atoms with Crippen LogP contribution in [0.2, 0.25) is 5.02 Å². The molecule has 3 unspecified atom stereocenters. The van der Waals surface area contributed by atoms with Crippen LogP contribution in [0.1, 0.15) is 18.1 Å². The molecule has 4 rings (SSSR count). The van der Waals surface area contributed by atoms with E-state index >= 15 is 0 Å². The zero-order valence-electron chi connectivity index (χ0n) is 15.8. The number of hydrogen-bond acceptors (Lipinski definition) is 5. The first-order chi connectivity index (χ1) is 13.0. The fourth-order valence-electron chi connectivity index (χ4n) is 3.90. The summed E-state index contributed by atoms with van der Waals surface area (Å²) in [7, 11) is 1.99. The number of ether oxygens (including phenoxy) is 2. The summed E-state index contributed by atoms with van der Waals surface area (Å²) in [4.78, 5) is 4.32. The molecule has 0 amide bonds. The average Bonchev–Trinajstić information content (AvgIpc) is 3.26. The Labute approximate surface area is 165 Å². The van der Waals surface area contributed by atoms with Crippen LogP contribution in [0.5, 0.6) is 5.75 Å². The molecular formula is C21H26ClN3O2. The number of rotatable bonds is 5. The molecule has 1 spiro atoms. The van der Waals surface area contributed by atoms with Crippen molar-refractivity contribution >= 4 is 11.6 Å². The Balaban J connectivity index is 1.59. The average molecular weight is 388 g/mol. The van der Waals surface area contributed by atoms with Crippen molar-refractivity contribution in [1.29, 1.82) is 0 Å². The molecule has 2 aliphatic rings. The van der Waals surface area contributed by atoms with Crippen molar-refractivity contribution in [1.82, 2.24) is 9.80 Å². The number of benzene rings is 2. The molecule has 5 nitrogen and oxygen atoms in total. The van der Waals surface area contributed by atoms with Crippen molar-refractivity contribution in [3.63, 3.8) is 0 Å². The maximum atomic E-state index is 6.59. The molecule has 2 N–H and O–H groups in total. The van der Waals surface area contributed by atoms with Crippen LogP contribution in [-0.2, 0) is 17.7 Å². The fourth-order valence-corrected chi connectivity index (χ4v) is 4.02. The number of halogens is 1. The van der Waals surface area contributed by atoms with Crippen LogP contribution in [0.25, 0.3) is 0 Å². The normalized spacial score (nSPS) is 30.4. The van der Waals surface area contributed by atoms with E-state index < -0.39 is 0 Å². The second-order valence-electron chi connectivity index (χ2n) is 7.40. The highest BCUT2D eigenvalue weighted by molar-refractivity contribution is 6.30. The van der Waals surface area contributed by atoms with E-state index in [0.717, 1.165) is 23.7 Å². The second-order valence-corrected chi connectivity index (χ2v) is 7.83. The Morgan fingerprint density at radius 1 is 1.22 bits per heavy atom. The van der Waals surface area contributed by atoms with Gasteiger partial charge in [-0.15, -0.1) is 0 Å². The molecule has 144 valence electrons. The number of nitrogens with two attached hydrogens (primary N) is 1. The van der Waals surface area contributed by atoms with Crippen LogP contribution < -0.4 is 10.5 Å². The predicted molar refractivity (Wildman–Crippen MR) is 107 cm³/mol. The molecule has 0 aromatic heterocycles. The highest BCUT2D eigenvalue weighted by Gasteiger charge is 2.70. The molecule has 2 saturated heterocycles. The Morgan fingerprint density at radius 3 is 2.74 bits per heavy atom. The van der Waals surface area contributed by atoms with E-state index in [1.807, 2.05) is 48.3 Å². The summed E-state index contributed by atoms with van der Waals surface area (Å²) >= 11 is 6.03. The molecule has 2 aliphatic heterocycles. The van der Waals surface area contributed by atoms with E-state index in [1.165, 1.54) is 11.1 Å². The SMILES string of the molecule is CCc1cccc(O[C@H]2N(Cc3ccc(Cl)cc3)C23COCN(C)C3N)c1. The minimum Gasteiger partial charge on any atom is -0.473 e. The van der Waals surface area contributed by atoms with E-state index in [-0.39, 0.29) is 17.9 Å². The highest BCUT2D eigenvalue weighted by atomic mass is 35.5. The van der Waals surface area contributed by atoms with Crippen LogP contribution in [0.4, 0.5) is 0 Å². The minimum absolute atomic E-state index is 0.127. The van der Waals surface area contributed by atoms with Crippen molar-refractivity contribution in [2.45, 2.75) is 37.8 Å². The molecule has 0 bridgehead atoms. The van der Waals surface area contributed by atoms with Gasteiger partial charge < -0.3 is 15.2 Å². The van der Waals surface area contributed by atoms with E-state index in [1.54, 1.807) is 0 Å². The van der Waals surface area contributed by atoms with Gasteiger partial charge in [0.25, 0.3) is 0 Å². The number of aryl methyl sites for hydroxylation is 1. The number of hydrogen-bond donors (Lipinski definition) is 1. The zero-order valence-corrected chi connectivity index (χ0v) is 16.5. The standard InChI is InChI=1S/C21H26ClN3O2/c1-3-15-5-4-6-18(11-15)27-20-21(13-26-14-24(2)19(21)23)25(20)12-16-7-9-17(22)10-8-16/h4-11,19-20H,3,12-14,23H2,1-2H3/t19?,20-,21?,25?/m1/s1. The lowest BCUT2D eigenvalue weighted by Gasteiger charge is -2.36. The summed E-state index contributed by atoms with van der Waals surface area (Å²) in [6, 6.07) is 16.2. The Morgan fingerprint density at radius 2 is 2.00 bits per heavy atom. The van der Waals surface area contributed by atoms with Gasteiger partial charge in [-0.1, -0.05) is 42.8 Å². The summed E-state index contributed by atoms with van der Waals surface area (Å²) in [6.07, 6.45) is 0.697. The van der Waals surface area contributed by atoms with E-state index in [0.29, 0.717) is 13.3 Å². The summed E-state index contributed by atoms with van der Waals surface area (Å²) in [5.41, 5.74) is 8.67. The van der Waals surface area contributed by atoms with Gasteiger partial charge in [-0.2, -0.15) is 0 Å². The van der Waals surface area contributed by atoms with E-state index in [2.05, 4.69) is 24.0 Å². The van der Waals surface area contributed by atoms with Gasteiger partial charge in [0, 0.05) is 11.6 Å². The van der Waals surface area contributed by atoms with Crippen molar-refractivity contribution in [3.05, 3.63) is 64.7 Å². The molecule has 2 heterocycles. The third-order valence-electron chi connectivity index (χ3n) is 5.61. The van der Waals surface area contributed by atoms with Gasteiger partial charge in [0.2, 0.25) is 0 Å². The molecule has 6 heteroatoms. The molecular weight excluding hydrogens is 362 g/mol. The van der Waals surface area contributed by atoms with Gasteiger partial charge in [-0.3, -0.25) is 4.90 Å². The maximum Gasteiger partial charge on any atom is 0.177 e. The third-order valence-corrected chi connectivity index (χ3v) is 5.87. The first-order valence-corrected chi connectivity index (χ1v) is 9.72. The Kier molecular flexibility index (Phi) is 5.14. The first-order valence-electron chi connectivity index (χ1n) is 9.35. The lowest BCUT2D eigenvalue weighted by molar-refractivity contribution is -0.0710. The van der Waals surface area contributed by atoms with Crippen molar-refractivity contribution < 1.29 is 9.47 Å². The van der Waals surface area contributed by atoms with Gasteiger partial charge in [0.05, 0.1) is 12.8 Å². The first kappa shape index (κ1) is 18.7. The van der Waals surface area contributed by atoms with E-state index in [4.69, 9.17) is 26.8 Å². The highest BCUT2D eigenvalue weighted by Crippen LogP contribution is 2.48. The van der Waals surface area contributed by atoms with Crippen molar-refractivity contribution in [2.24, 2.45) is 5.73 Å². The van der Waals surface area contributed by atoms with Gasteiger partial charge in [0.15, 0.2) is 6.23 Å². The predicted octanol–water partition coefficient (Wildman–Crippen LogP) is 3.07. The Bertz CT molecular complexity index is 800. The number of likely N-dealkylation sites (N-methyl/N-ethyl adjacent to an activating group) is 1. The Hall–Kier alpha value is -1.63. The van der Waals surface area contributed by atoms with Crippen LogP contribution in [-0.4, -0.2) is 48.1 Å². The summed E-state index contributed by atoms with van der Waals surface area (Å²) in [5, 5.41) is 0.737. The quantitative estimate of drug-likeness (QED) is 0.799. The van der Waals surface area contributed by atoms with Crippen LogP contribution in [0, 0.1) is 0 Å². The summed E-state index contributed by atoms with van der Waals surface area (Å²) in [6.45, 7) is 3.98. The molecule has 4 atom stereocenters. The lowest BCUT2D eigenvalue weighted by atomic mass is 10.0. The minimum atomic E-state index is -0.352. The monoisotopic (exact) mass is 387 g/mol. The van der Waals surface area contributed by atoms with Gasteiger partial charge in [-0.25, -0.2) is 4.90 Å². The molecule has 2 aromatic rings. The van der Waals surface area contributed by atoms with Gasteiger partial charge in [0.1, 0.15) is 18.0 Å². The zero-order chi connectivity index (χ0) is 19.0. The molecule has 0 aliphatic carbocycles. The maximum absolute atomic E-state index is 6.59. The lowest BCUT2D eigenvalue weighted by Crippen LogP contribution is -2.59. The van der Waals surface area contributed by atoms with Crippen LogP contribution in [0.15, 0.2) is 48.5 Å². The van der Waals surface area contributed by atoms with Gasteiger partial charge >= 0.3 is 0 Å².